The van der Waals surface area contributed by atoms with Crippen LogP contribution in [0.5, 0.6) is 11.5 Å². The molecule has 2 atom stereocenters. The third-order valence-corrected chi connectivity index (χ3v) is 5.19. The minimum atomic E-state index is -0.468. The molecule has 1 aliphatic heterocycles. The van der Waals surface area contributed by atoms with E-state index in [9.17, 15) is 9.59 Å². The van der Waals surface area contributed by atoms with Crippen molar-refractivity contribution in [3.63, 3.8) is 0 Å². The Hall–Kier alpha value is -2.82. The molecule has 0 N–H and O–H groups in total. The molecule has 2 aromatic carbocycles. The molecule has 0 radical (unpaired) electrons. The fourth-order valence-electron chi connectivity index (χ4n) is 3.40. The van der Waals surface area contributed by atoms with Gasteiger partial charge in [0.2, 0.25) is 5.91 Å². The Morgan fingerprint density at radius 1 is 1.14 bits per heavy atom. The van der Waals surface area contributed by atoms with Crippen molar-refractivity contribution in [1.29, 1.82) is 0 Å². The molecule has 1 heterocycles. The van der Waals surface area contributed by atoms with Gasteiger partial charge in [-0.3, -0.25) is 9.59 Å². The fraction of sp³-hybridized carbons (Fsp3) is 0.391. The van der Waals surface area contributed by atoms with Gasteiger partial charge in [0.05, 0.1) is 12.5 Å². The topological polar surface area (TPSA) is 55.8 Å². The van der Waals surface area contributed by atoms with Gasteiger partial charge >= 0.3 is 5.97 Å². The summed E-state index contributed by atoms with van der Waals surface area (Å²) < 4.78 is 11.1. The second kappa shape index (κ2) is 8.91. The smallest absolute Gasteiger partial charge is 0.316 e. The van der Waals surface area contributed by atoms with E-state index in [-0.39, 0.29) is 18.3 Å². The molecule has 3 rings (SSSR count). The van der Waals surface area contributed by atoms with Crippen LogP contribution in [0, 0.1) is 5.92 Å². The number of hydrogen-bond acceptors (Lipinski definition) is 4. The van der Waals surface area contributed by atoms with Gasteiger partial charge in [-0.1, -0.05) is 32.0 Å². The van der Waals surface area contributed by atoms with E-state index < -0.39 is 5.92 Å². The molecular formula is C23H27NO4. The Morgan fingerprint density at radius 2 is 1.86 bits per heavy atom. The molecule has 1 amide bonds. The van der Waals surface area contributed by atoms with E-state index in [1.807, 2.05) is 55.5 Å². The van der Waals surface area contributed by atoms with E-state index in [1.165, 1.54) is 0 Å². The lowest BCUT2D eigenvalue weighted by molar-refractivity contribution is -0.139. The van der Waals surface area contributed by atoms with Gasteiger partial charge in [-0.25, -0.2) is 0 Å². The Kier molecular flexibility index (Phi) is 6.34. The molecule has 0 spiro atoms. The maximum atomic E-state index is 12.7. The minimum Gasteiger partial charge on any atom is -0.494 e. The highest BCUT2D eigenvalue weighted by atomic mass is 16.5. The average molecular weight is 381 g/mol. The summed E-state index contributed by atoms with van der Waals surface area (Å²) in [5.41, 5.74) is 1.79. The third kappa shape index (κ3) is 4.35. The highest BCUT2D eigenvalue weighted by Crippen LogP contribution is 2.31. The van der Waals surface area contributed by atoms with Crippen molar-refractivity contribution in [3.05, 3.63) is 54.1 Å². The number of amides is 1. The summed E-state index contributed by atoms with van der Waals surface area (Å²) in [5, 5.41) is 0. The lowest BCUT2D eigenvalue weighted by Crippen LogP contribution is -2.27. The van der Waals surface area contributed by atoms with Gasteiger partial charge in [-0.2, -0.15) is 0 Å². The van der Waals surface area contributed by atoms with Crippen molar-refractivity contribution in [2.75, 3.05) is 18.1 Å². The van der Waals surface area contributed by atoms with Crippen LogP contribution >= 0.6 is 0 Å². The summed E-state index contributed by atoms with van der Waals surface area (Å²) in [4.78, 5) is 26.8. The van der Waals surface area contributed by atoms with Crippen LogP contribution in [-0.2, 0) is 9.59 Å². The zero-order chi connectivity index (χ0) is 20.1. The Labute approximate surface area is 166 Å². The molecule has 2 aromatic rings. The van der Waals surface area contributed by atoms with E-state index in [0.29, 0.717) is 24.8 Å². The zero-order valence-electron chi connectivity index (χ0n) is 16.7. The number of carbonyl (C=O) groups excluding carboxylic acids is 2. The number of rotatable bonds is 7. The van der Waals surface area contributed by atoms with Gasteiger partial charge < -0.3 is 14.4 Å². The number of carbonyl (C=O) groups is 2. The molecule has 5 nitrogen and oxygen atoms in total. The second-order valence-electron chi connectivity index (χ2n) is 7.10. The van der Waals surface area contributed by atoms with Crippen molar-refractivity contribution < 1.29 is 19.1 Å². The molecule has 0 aliphatic carbocycles. The Morgan fingerprint density at radius 3 is 2.54 bits per heavy atom. The quantitative estimate of drug-likeness (QED) is 0.521. The van der Waals surface area contributed by atoms with E-state index in [4.69, 9.17) is 9.47 Å². The summed E-state index contributed by atoms with van der Waals surface area (Å²) in [6.07, 6.45) is 1.12. The molecule has 1 fully saturated rings. The van der Waals surface area contributed by atoms with Gasteiger partial charge in [0.15, 0.2) is 0 Å². The first-order valence-corrected chi connectivity index (χ1v) is 9.87. The SMILES string of the molecule is CCOc1ccc(N2C[C@H](C(=O)Oc3ccccc3[C@@H](C)CC)CC2=O)cc1. The molecule has 0 bridgehead atoms. The van der Waals surface area contributed by atoms with Crippen LogP contribution in [0.1, 0.15) is 45.1 Å². The lowest BCUT2D eigenvalue weighted by Gasteiger charge is -2.18. The Bertz CT molecular complexity index is 831. The molecule has 148 valence electrons. The van der Waals surface area contributed by atoms with Gasteiger partial charge in [-0.05, 0) is 55.2 Å². The number of para-hydroxylation sites is 1. The number of ether oxygens (including phenoxy) is 2. The van der Waals surface area contributed by atoms with Gasteiger partial charge in [0, 0.05) is 18.7 Å². The molecule has 1 saturated heterocycles. The summed E-state index contributed by atoms with van der Waals surface area (Å²) in [6.45, 7) is 7.06. The van der Waals surface area contributed by atoms with Gasteiger partial charge in [-0.15, -0.1) is 0 Å². The summed E-state index contributed by atoms with van der Waals surface area (Å²) in [6, 6.07) is 15.0. The first kappa shape index (κ1) is 19.9. The van der Waals surface area contributed by atoms with Crippen LogP contribution in [0.15, 0.2) is 48.5 Å². The highest BCUT2D eigenvalue weighted by Gasteiger charge is 2.36. The number of anilines is 1. The van der Waals surface area contributed by atoms with E-state index in [1.54, 1.807) is 4.90 Å². The van der Waals surface area contributed by atoms with Gasteiger partial charge in [0.25, 0.3) is 0 Å². The Balaban J connectivity index is 1.69. The molecule has 0 aromatic heterocycles. The van der Waals surface area contributed by atoms with Crippen molar-refractivity contribution in [2.45, 2.75) is 39.5 Å². The number of esters is 1. The molecule has 28 heavy (non-hydrogen) atoms. The molecule has 5 heteroatoms. The van der Waals surface area contributed by atoms with E-state index in [0.717, 1.165) is 23.4 Å². The standard InChI is InChI=1S/C23H27NO4/c1-4-16(3)20-8-6-7-9-21(20)28-23(26)17-14-22(25)24(15-17)18-10-12-19(13-11-18)27-5-2/h6-13,16-17H,4-5,14-15H2,1-3H3/t16-,17+/m0/s1. The van der Waals surface area contributed by atoms with Crippen LogP contribution in [-0.4, -0.2) is 25.0 Å². The van der Waals surface area contributed by atoms with E-state index >= 15 is 0 Å². The number of hydrogen-bond donors (Lipinski definition) is 0. The van der Waals surface area contributed by atoms with Crippen LogP contribution in [0.2, 0.25) is 0 Å². The predicted octanol–water partition coefficient (Wildman–Crippen LogP) is 4.56. The fourth-order valence-corrected chi connectivity index (χ4v) is 3.40. The minimum absolute atomic E-state index is 0.0682. The molecule has 1 aliphatic rings. The van der Waals surface area contributed by atoms with Crippen LogP contribution in [0.25, 0.3) is 0 Å². The predicted molar refractivity (Wildman–Crippen MR) is 109 cm³/mol. The first-order chi connectivity index (χ1) is 13.5. The van der Waals surface area contributed by atoms with Crippen LogP contribution in [0.4, 0.5) is 5.69 Å². The largest absolute Gasteiger partial charge is 0.494 e. The normalized spacial score (nSPS) is 17.5. The summed E-state index contributed by atoms with van der Waals surface area (Å²) >= 11 is 0. The molecular weight excluding hydrogens is 354 g/mol. The van der Waals surface area contributed by atoms with Crippen molar-refractivity contribution in [1.82, 2.24) is 0 Å². The summed E-state index contributed by atoms with van der Waals surface area (Å²) in [5.74, 6) is 0.766. The van der Waals surface area contributed by atoms with Crippen molar-refractivity contribution >= 4 is 17.6 Å². The average Bonchev–Trinajstić information content (AvgIpc) is 3.10. The van der Waals surface area contributed by atoms with Crippen LogP contribution in [0.3, 0.4) is 0 Å². The molecule has 0 saturated carbocycles. The zero-order valence-corrected chi connectivity index (χ0v) is 16.7. The lowest BCUT2D eigenvalue weighted by atomic mass is 9.98. The first-order valence-electron chi connectivity index (χ1n) is 9.87. The maximum Gasteiger partial charge on any atom is 0.316 e. The monoisotopic (exact) mass is 381 g/mol. The van der Waals surface area contributed by atoms with E-state index in [2.05, 4.69) is 13.8 Å². The number of benzene rings is 2. The van der Waals surface area contributed by atoms with Crippen molar-refractivity contribution in [3.8, 4) is 11.5 Å². The van der Waals surface area contributed by atoms with Crippen molar-refractivity contribution in [2.24, 2.45) is 5.92 Å². The van der Waals surface area contributed by atoms with Gasteiger partial charge in [0.1, 0.15) is 11.5 Å². The second-order valence-corrected chi connectivity index (χ2v) is 7.10. The highest BCUT2D eigenvalue weighted by molar-refractivity contribution is 5.99. The number of nitrogens with zero attached hydrogens (tertiary/aromatic N) is 1. The third-order valence-electron chi connectivity index (χ3n) is 5.19. The maximum absolute atomic E-state index is 12.7. The summed E-state index contributed by atoms with van der Waals surface area (Å²) in [7, 11) is 0. The molecule has 0 unspecified atom stereocenters. The van der Waals surface area contributed by atoms with Crippen LogP contribution < -0.4 is 14.4 Å².